The van der Waals surface area contributed by atoms with Crippen molar-refractivity contribution in [3.8, 4) is 11.4 Å². The maximum absolute atomic E-state index is 13.9. The van der Waals surface area contributed by atoms with E-state index in [1.165, 1.54) is 35.8 Å². The van der Waals surface area contributed by atoms with E-state index >= 15 is 0 Å². The maximum Gasteiger partial charge on any atom is 0.267 e. The Morgan fingerprint density at radius 1 is 1.22 bits per heavy atom. The number of benzene rings is 2. The Morgan fingerprint density at radius 2 is 2.08 bits per heavy atom. The lowest BCUT2D eigenvalue weighted by atomic mass is 10.1. The number of carbonyl (C=O) groups is 1. The quantitative estimate of drug-likeness (QED) is 0.142. The van der Waals surface area contributed by atoms with Gasteiger partial charge in [0.15, 0.2) is 11.4 Å². The van der Waals surface area contributed by atoms with Crippen LogP contribution in [0.25, 0.3) is 27.8 Å². The van der Waals surface area contributed by atoms with Crippen LogP contribution in [-0.2, 0) is 5.75 Å². The van der Waals surface area contributed by atoms with Gasteiger partial charge in [-0.05, 0) is 43.3 Å². The third-order valence-electron chi connectivity index (χ3n) is 5.46. The molecule has 0 spiro atoms. The Bertz CT molecular complexity index is 1710. The van der Waals surface area contributed by atoms with Crippen LogP contribution in [0.1, 0.15) is 23.1 Å². The summed E-state index contributed by atoms with van der Waals surface area (Å²) >= 11 is 7.78. The molecule has 0 saturated carbocycles. The number of nitrogens with one attached hydrogen (secondary N) is 1. The minimum atomic E-state index is -0.372. The minimum Gasteiger partial charge on any atom is -0.495 e. The number of nitrogens with zero attached hydrogens (tertiary/aromatic N) is 5. The normalized spacial score (nSPS) is 11.5. The molecular weight excluding hydrogens is 500 g/mol. The van der Waals surface area contributed by atoms with E-state index in [1.54, 1.807) is 55.7 Å². The summed E-state index contributed by atoms with van der Waals surface area (Å²) in [5, 5.41) is 1.20. The Labute approximate surface area is 214 Å². The summed E-state index contributed by atoms with van der Waals surface area (Å²) < 4.78 is 7.01. The van der Waals surface area contributed by atoms with E-state index in [9.17, 15) is 9.59 Å². The molecule has 5 aromatic rings. The molecule has 0 aliphatic carbocycles. The molecule has 9 nitrogen and oxygen atoms in total. The van der Waals surface area contributed by atoms with Crippen LogP contribution >= 0.6 is 23.4 Å². The fourth-order valence-electron chi connectivity index (χ4n) is 3.83. The number of fused-ring (bicyclic) bond motifs is 2. The number of aromatic amines is 1. The molecule has 0 saturated heterocycles. The van der Waals surface area contributed by atoms with Crippen molar-refractivity contribution < 1.29 is 9.53 Å². The highest BCUT2D eigenvalue weighted by Gasteiger charge is 2.20. The molecule has 5 rings (SSSR count). The highest BCUT2D eigenvalue weighted by molar-refractivity contribution is 7.98. The summed E-state index contributed by atoms with van der Waals surface area (Å²) in [6.07, 6.45) is 6.12. The van der Waals surface area contributed by atoms with E-state index in [0.717, 1.165) is 0 Å². The third-order valence-corrected chi connectivity index (χ3v) is 6.75. The fraction of sp³-hybridized carbons (Fsp3) is 0.120. The Morgan fingerprint density at radius 3 is 2.89 bits per heavy atom. The lowest BCUT2D eigenvalue weighted by Crippen LogP contribution is -2.24. The van der Waals surface area contributed by atoms with Crippen molar-refractivity contribution in [1.82, 2.24) is 29.5 Å². The van der Waals surface area contributed by atoms with Crippen molar-refractivity contribution in [3.63, 3.8) is 0 Å². The predicted molar refractivity (Wildman–Crippen MR) is 139 cm³/mol. The van der Waals surface area contributed by atoms with Gasteiger partial charge in [-0.1, -0.05) is 35.5 Å². The van der Waals surface area contributed by atoms with Gasteiger partial charge in [0.25, 0.3) is 5.56 Å². The van der Waals surface area contributed by atoms with Crippen molar-refractivity contribution in [3.05, 3.63) is 88.0 Å². The number of ketones is 1. The number of thioether (sulfide) groups is 1. The van der Waals surface area contributed by atoms with Gasteiger partial charge in [0.2, 0.25) is 0 Å². The van der Waals surface area contributed by atoms with Gasteiger partial charge in [-0.25, -0.2) is 19.9 Å². The predicted octanol–water partition coefficient (Wildman–Crippen LogP) is 4.77. The zero-order chi connectivity index (χ0) is 25.2. The van der Waals surface area contributed by atoms with E-state index in [-0.39, 0.29) is 27.5 Å². The van der Waals surface area contributed by atoms with Crippen LogP contribution in [0.2, 0.25) is 5.02 Å². The first kappa shape index (κ1) is 23.7. The van der Waals surface area contributed by atoms with Gasteiger partial charge < -0.3 is 9.72 Å². The number of imidazole rings is 1. The largest absolute Gasteiger partial charge is 0.495 e. The molecule has 0 aliphatic rings. The smallest absolute Gasteiger partial charge is 0.267 e. The highest BCUT2D eigenvalue weighted by atomic mass is 35.5. The molecule has 0 bridgehead atoms. The number of halogens is 1. The van der Waals surface area contributed by atoms with Crippen LogP contribution in [0.4, 0.5) is 0 Å². The van der Waals surface area contributed by atoms with Gasteiger partial charge in [-0.2, -0.15) is 0 Å². The number of methoxy groups -OCH3 is 1. The molecule has 180 valence electrons. The van der Waals surface area contributed by atoms with Crippen molar-refractivity contribution >= 4 is 51.2 Å². The SMILES string of the molecule is C/C=C/C(=O)c1ccc(OC)c(-n2c(CSc3ncnc4[nH]cnc34)nc3cccc(Cl)c3c2=O)c1. The summed E-state index contributed by atoms with van der Waals surface area (Å²) in [5.74, 6) is 0.910. The third kappa shape index (κ3) is 4.25. The second-order valence-electron chi connectivity index (χ2n) is 7.62. The first-order valence-electron chi connectivity index (χ1n) is 10.8. The standard InChI is InChI=1S/C25H19ClN6O3S/c1-3-5-18(33)14-8-9-19(35-2)17(10-14)32-20(31-16-7-4-6-15(26)21(16)25(32)34)11-36-24-22-23(28-12-27-22)29-13-30-24/h3-10,12-13H,11H2,1-2H3,(H,27,28,29,30)/b5-3+. The lowest BCUT2D eigenvalue weighted by molar-refractivity contribution is 0.104. The molecule has 3 heterocycles. The van der Waals surface area contributed by atoms with Crippen molar-refractivity contribution in [2.45, 2.75) is 17.7 Å². The summed E-state index contributed by atoms with van der Waals surface area (Å²) in [4.78, 5) is 47.0. The first-order chi connectivity index (χ1) is 17.5. The van der Waals surface area contributed by atoms with Gasteiger partial charge in [-0.15, -0.1) is 0 Å². The number of allylic oxidation sites excluding steroid dienone is 2. The van der Waals surface area contributed by atoms with E-state index in [2.05, 4.69) is 19.9 Å². The topological polar surface area (TPSA) is 116 Å². The van der Waals surface area contributed by atoms with Gasteiger partial charge in [0.1, 0.15) is 28.4 Å². The Hall–Kier alpha value is -4.02. The summed E-state index contributed by atoms with van der Waals surface area (Å²) in [7, 11) is 1.50. The molecule has 0 aliphatic heterocycles. The summed E-state index contributed by atoms with van der Waals surface area (Å²) in [6, 6.07) is 10.1. The molecule has 0 radical (unpaired) electrons. The molecule has 0 unspecified atom stereocenters. The lowest BCUT2D eigenvalue weighted by Gasteiger charge is -2.17. The number of hydrogen-bond donors (Lipinski definition) is 1. The van der Waals surface area contributed by atoms with E-state index in [0.29, 0.717) is 44.5 Å². The Kier molecular flexibility index (Phi) is 6.53. The monoisotopic (exact) mass is 518 g/mol. The van der Waals surface area contributed by atoms with Gasteiger partial charge >= 0.3 is 0 Å². The fourth-order valence-corrected chi connectivity index (χ4v) is 4.95. The van der Waals surface area contributed by atoms with Crippen molar-refractivity contribution in [2.24, 2.45) is 0 Å². The zero-order valence-corrected chi connectivity index (χ0v) is 20.8. The molecule has 0 amide bonds. The second kappa shape index (κ2) is 9.92. The zero-order valence-electron chi connectivity index (χ0n) is 19.2. The average molecular weight is 519 g/mol. The maximum atomic E-state index is 13.9. The van der Waals surface area contributed by atoms with Gasteiger partial charge in [0.05, 0.1) is 40.8 Å². The number of hydrogen-bond acceptors (Lipinski definition) is 8. The number of carbonyl (C=O) groups excluding carboxylic acids is 1. The molecule has 3 aromatic heterocycles. The van der Waals surface area contributed by atoms with Crippen LogP contribution in [0, 0.1) is 0 Å². The van der Waals surface area contributed by atoms with E-state index < -0.39 is 0 Å². The van der Waals surface area contributed by atoms with Crippen molar-refractivity contribution in [2.75, 3.05) is 7.11 Å². The number of H-pyrrole nitrogens is 1. The van der Waals surface area contributed by atoms with Gasteiger partial charge in [-0.3, -0.25) is 14.2 Å². The second-order valence-corrected chi connectivity index (χ2v) is 8.99. The molecule has 0 fully saturated rings. The van der Waals surface area contributed by atoms with Crippen LogP contribution in [0.15, 0.2) is 71.0 Å². The van der Waals surface area contributed by atoms with Crippen LogP contribution in [0.5, 0.6) is 5.75 Å². The number of aromatic nitrogens is 6. The summed E-state index contributed by atoms with van der Waals surface area (Å²) in [6.45, 7) is 1.76. The van der Waals surface area contributed by atoms with E-state index in [1.807, 2.05) is 0 Å². The minimum absolute atomic E-state index is 0.195. The molecular formula is C25H19ClN6O3S. The molecule has 11 heteroatoms. The highest BCUT2D eigenvalue weighted by Crippen LogP contribution is 2.30. The van der Waals surface area contributed by atoms with Crippen LogP contribution in [-0.4, -0.2) is 42.4 Å². The number of ether oxygens (including phenoxy) is 1. The molecule has 36 heavy (non-hydrogen) atoms. The van der Waals surface area contributed by atoms with Crippen molar-refractivity contribution in [1.29, 1.82) is 0 Å². The average Bonchev–Trinajstić information content (AvgIpc) is 3.37. The van der Waals surface area contributed by atoms with Crippen LogP contribution in [0.3, 0.4) is 0 Å². The molecule has 1 N–H and O–H groups in total. The molecule has 0 atom stereocenters. The summed E-state index contributed by atoms with van der Waals surface area (Å²) in [5.41, 5.74) is 2.12. The Balaban J connectivity index is 1.72. The van der Waals surface area contributed by atoms with E-state index in [4.69, 9.17) is 21.3 Å². The first-order valence-corrected chi connectivity index (χ1v) is 12.2. The number of rotatable bonds is 7. The molecule has 2 aromatic carbocycles. The van der Waals surface area contributed by atoms with Gasteiger partial charge in [0, 0.05) is 5.56 Å². The van der Waals surface area contributed by atoms with Crippen LogP contribution < -0.4 is 10.3 Å².